The molecule has 0 bridgehead atoms. The Hall–Kier alpha value is -1.13. The molecule has 104 valence electrons. The van der Waals surface area contributed by atoms with E-state index in [0.717, 1.165) is 37.0 Å². The molecule has 1 aliphatic heterocycles. The Morgan fingerprint density at radius 1 is 1.47 bits per heavy atom. The van der Waals surface area contributed by atoms with Crippen LogP contribution in [-0.2, 0) is 11.3 Å². The van der Waals surface area contributed by atoms with Gasteiger partial charge in [-0.05, 0) is 41.3 Å². The van der Waals surface area contributed by atoms with Gasteiger partial charge in [-0.2, -0.15) is 0 Å². The second kappa shape index (κ2) is 6.35. The normalized spacial score (nSPS) is 24.9. The first kappa shape index (κ1) is 14.3. The van der Waals surface area contributed by atoms with Crippen molar-refractivity contribution >= 4 is 23.4 Å². The van der Waals surface area contributed by atoms with E-state index in [1.165, 1.54) is 17.4 Å². The first-order valence-corrected chi connectivity index (χ1v) is 7.62. The van der Waals surface area contributed by atoms with Crippen LogP contribution < -0.4 is 0 Å². The fourth-order valence-corrected chi connectivity index (χ4v) is 3.82. The number of piperidine rings is 1. The molecule has 1 saturated heterocycles. The summed E-state index contributed by atoms with van der Waals surface area (Å²) in [6.45, 7) is 7.84. The molecule has 1 aromatic heterocycles. The quantitative estimate of drug-likeness (QED) is 0.860. The van der Waals surface area contributed by atoms with E-state index in [9.17, 15) is 4.79 Å². The largest absolute Gasteiger partial charge is 0.478 e. The van der Waals surface area contributed by atoms with Gasteiger partial charge in [-0.1, -0.05) is 13.8 Å². The number of carboxylic acid groups (broad SMARTS) is 1. The van der Waals surface area contributed by atoms with Crippen molar-refractivity contribution in [2.24, 2.45) is 11.8 Å². The Bertz CT molecular complexity index is 456. The van der Waals surface area contributed by atoms with Gasteiger partial charge in [0, 0.05) is 30.6 Å². The van der Waals surface area contributed by atoms with E-state index < -0.39 is 5.97 Å². The molecular weight excluding hydrogens is 258 g/mol. The van der Waals surface area contributed by atoms with Gasteiger partial charge in [-0.25, -0.2) is 4.79 Å². The summed E-state index contributed by atoms with van der Waals surface area (Å²) in [4.78, 5) is 14.3. The average molecular weight is 279 g/mol. The van der Waals surface area contributed by atoms with E-state index in [1.54, 1.807) is 17.4 Å². The summed E-state index contributed by atoms with van der Waals surface area (Å²) in [5.41, 5.74) is 1.04. The first-order valence-electron chi connectivity index (χ1n) is 6.74. The first-order chi connectivity index (χ1) is 9.04. The molecule has 4 heteroatoms. The number of aliphatic carboxylic acids is 1. The highest BCUT2D eigenvalue weighted by atomic mass is 32.1. The van der Waals surface area contributed by atoms with Crippen LogP contribution in [0.25, 0.3) is 6.08 Å². The molecule has 2 atom stereocenters. The molecule has 0 aliphatic carbocycles. The molecule has 2 rings (SSSR count). The number of carboxylic acids is 1. The summed E-state index contributed by atoms with van der Waals surface area (Å²) in [6, 6.07) is 2.00. The fourth-order valence-electron chi connectivity index (χ4n) is 2.91. The number of rotatable bonds is 4. The van der Waals surface area contributed by atoms with Gasteiger partial charge in [0.25, 0.3) is 0 Å². The Balaban J connectivity index is 2.03. The summed E-state index contributed by atoms with van der Waals surface area (Å²) in [5, 5.41) is 10.7. The van der Waals surface area contributed by atoms with Crippen molar-refractivity contribution in [3.8, 4) is 0 Å². The average Bonchev–Trinajstić information content (AvgIpc) is 2.72. The Morgan fingerprint density at radius 3 is 2.79 bits per heavy atom. The lowest BCUT2D eigenvalue weighted by Gasteiger charge is -2.34. The second-order valence-electron chi connectivity index (χ2n) is 5.61. The highest BCUT2D eigenvalue weighted by Crippen LogP contribution is 2.26. The predicted octanol–water partition coefficient (Wildman–Crippen LogP) is 3.32. The van der Waals surface area contributed by atoms with Crippen molar-refractivity contribution < 1.29 is 9.90 Å². The predicted molar refractivity (Wildman–Crippen MR) is 79.2 cm³/mol. The van der Waals surface area contributed by atoms with Crippen LogP contribution in [0.5, 0.6) is 0 Å². The SMILES string of the molecule is CC1CC(C)CN(Cc2sccc2C=CC(=O)O)C1. The van der Waals surface area contributed by atoms with Crippen molar-refractivity contribution in [1.82, 2.24) is 4.90 Å². The molecule has 3 nitrogen and oxygen atoms in total. The number of likely N-dealkylation sites (tertiary alicyclic amines) is 1. The Kier molecular flexibility index (Phi) is 4.77. The summed E-state index contributed by atoms with van der Waals surface area (Å²) in [7, 11) is 0. The Labute approximate surface area is 118 Å². The van der Waals surface area contributed by atoms with Crippen molar-refractivity contribution in [2.75, 3.05) is 13.1 Å². The van der Waals surface area contributed by atoms with E-state index in [2.05, 4.69) is 18.7 Å². The molecule has 0 spiro atoms. The van der Waals surface area contributed by atoms with Crippen LogP contribution in [0.1, 0.15) is 30.7 Å². The minimum Gasteiger partial charge on any atom is -0.478 e. The van der Waals surface area contributed by atoms with Crippen molar-refractivity contribution in [3.05, 3.63) is 28.0 Å². The third kappa shape index (κ3) is 4.18. The van der Waals surface area contributed by atoms with Gasteiger partial charge in [0.2, 0.25) is 0 Å². The molecule has 1 fully saturated rings. The van der Waals surface area contributed by atoms with E-state index in [-0.39, 0.29) is 0 Å². The van der Waals surface area contributed by atoms with Gasteiger partial charge in [0.15, 0.2) is 0 Å². The highest BCUT2D eigenvalue weighted by molar-refractivity contribution is 7.10. The van der Waals surface area contributed by atoms with Crippen LogP contribution >= 0.6 is 11.3 Å². The van der Waals surface area contributed by atoms with Gasteiger partial charge in [0.05, 0.1) is 0 Å². The molecule has 19 heavy (non-hydrogen) atoms. The molecule has 1 aromatic rings. The lowest BCUT2D eigenvalue weighted by atomic mass is 9.92. The summed E-state index contributed by atoms with van der Waals surface area (Å²) in [6.07, 6.45) is 4.23. The number of carbonyl (C=O) groups is 1. The number of hydrogen-bond acceptors (Lipinski definition) is 3. The number of nitrogens with zero attached hydrogens (tertiary/aromatic N) is 1. The summed E-state index contributed by atoms with van der Waals surface area (Å²) >= 11 is 1.71. The monoisotopic (exact) mass is 279 g/mol. The zero-order valence-electron chi connectivity index (χ0n) is 11.5. The highest BCUT2D eigenvalue weighted by Gasteiger charge is 2.22. The summed E-state index contributed by atoms with van der Waals surface area (Å²) in [5.74, 6) is 0.612. The molecular formula is C15H21NO2S. The van der Waals surface area contributed by atoms with Crippen LogP contribution in [0.2, 0.25) is 0 Å². The van der Waals surface area contributed by atoms with E-state index >= 15 is 0 Å². The molecule has 0 amide bonds. The zero-order valence-corrected chi connectivity index (χ0v) is 12.3. The van der Waals surface area contributed by atoms with Crippen molar-refractivity contribution in [2.45, 2.75) is 26.8 Å². The molecule has 0 saturated carbocycles. The zero-order chi connectivity index (χ0) is 13.8. The minimum absolute atomic E-state index is 0.752. The van der Waals surface area contributed by atoms with Gasteiger partial charge < -0.3 is 5.11 Å². The molecule has 0 aromatic carbocycles. The third-order valence-corrected chi connectivity index (χ3v) is 4.42. The van der Waals surface area contributed by atoms with Crippen LogP contribution in [-0.4, -0.2) is 29.1 Å². The molecule has 0 radical (unpaired) electrons. The second-order valence-corrected chi connectivity index (χ2v) is 6.61. The maximum absolute atomic E-state index is 10.6. The van der Waals surface area contributed by atoms with Gasteiger partial charge in [-0.3, -0.25) is 4.90 Å². The fraction of sp³-hybridized carbons (Fsp3) is 0.533. The van der Waals surface area contributed by atoms with Crippen molar-refractivity contribution in [3.63, 3.8) is 0 Å². The Morgan fingerprint density at radius 2 is 2.16 bits per heavy atom. The van der Waals surface area contributed by atoms with Gasteiger partial charge >= 0.3 is 5.97 Å². The molecule has 1 N–H and O–H groups in total. The minimum atomic E-state index is -0.891. The lowest BCUT2D eigenvalue weighted by molar-refractivity contribution is -0.131. The smallest absolute Gasteiger partial charge is 0.328 e. The third-order valence-electron chi connectivity index (χ3n) is 3.50. The van der Waals surface area contributed by atoms with Gasteiger partial charge in [0.1, 0.15) is 0 Å². The number of hydrogen-bond donors (Lipinski definition) is 1. The number of thiophene rings is 1. The summed E-state index contributed by atoms with van der Waals surface area (Å²) < 4.78 is 0. The van der Waals surface area contributed by atoms with Crippen molar-refractivity contribution in [1.29, 1.82) is 0 Å². The van der Waals surface area contributed by atoms with E-state index in [0.29, 0.717) is 0 Å². The van der Waals surface area contributed by atoms with Crippen LogP contribution in [0.4, 0.5) is 0 Å². The maximum Gasteiger partial charge on any atom is 0.328 e. The van der Waals surface area contributed by atoms with Crippen LogP contribution in [0.15, 0.2) is 17.5 Å². The van der Waals surface area contributed by atoms with Crippen LogP contribution in [0.3, 0.4) is 0 Å². The maximum atomic E-state index is 10.6. The molecule has 2 heterocycles. The molecule has 2 unspecified atom stereocenters. The molecule has 1 aliphatic rings. The lowest BCUT2D eigenvalue weighted by Crippen LogP contribution is -2.38. The van der Waals surface area contributed by atoms with E-state index in [4.69, 9.17) is 5.11 Å². The topological polar surface area (TPSA) is 40.5 Å². The van der Waals surface area contributed by atoms with Gasteiger partial charge in [-0.15, -0.1) is 11.3 Å². The van der Waals surface area contributed by atoms with Crippen LogP contribution in [0, 0.1) is 11.8 Å². The standard InChI is InChI=1S/C15H21NO2S/c1-11-7-12(2)9-16(8-11)10-14-13(5-6-19-14)3-4-15(17)18/h3-6,11-12H,7-10H2,1-2H3,(H,17,18). The van der Waals surface area contributed by atoms with E-state index in [1.807, 2.05) is 11.4 Å².